The minimum atomic E-state index is 0.0627. The maximum atomic E-state index is 12.7. The van der Waals surface area contributed by atoms with Gasteiger partial charge >= 0.3 is 0 Å². The number of ether oxygens (including phenoxy) is 1. The Morgan fingerprint density at radius 3 is 2.87 bits per heavy atom. The molecular formula is C18H24N2O3. The Hall–Kier alpha value is -2.04. The van der Waals surface area contributed by atoms with E-state index in [2.05, 4.69) is 6.07 Å². The molecule has 0 bridgehead atoms. The van der Waals surface area contributed by atoms with Gasteiger partial charge in [0.2, 0.25) is 11.8 Å². The molecule has 1 aromatic rings. The molecule has 1 atom stereocenters. The molecule has 0 aliphatic carbocycles. The fourth-order valence-electron chi connectivity index (χ4n) is 3.55. The summed E-state index contributed by atoms with van der Waals surface area (Å²) in [5.41, 5.74) is 1.12. The number of carbonyl (C=O) groups is 2. The molecule has 2 aliphatic rings. The minimum Gasteiger partial charge on any atom is -0.497 e. The van der Waals surface area contributed by atoms with E-state index in [9.17, 15) is 9.59 Å². The molecule has 2 heterocycles. The smallest absolute Gasteiger partial charge is 0.242 e. The average molecular weight is 316 g/mol. The molecule has 124 valence electrons. The van der Waals surface area contributed by atoms with Crippen LogP contribution < -0.4 is 4.74 Å². The number of likely N-dealkylation sites (tertiary alicyclic amines) is 2. The molecule has 23 heavy (non-hydrogen) atoms. The van der Waals surface area contributed by atoms with Gasteiger partial charge in [0, 0.05) is 19.5 Å². The molecule has 5 heteroatoms. The number of hydrogen-bond acceptors (Lipinski definition) is 3. The van der Waals surface area contributed by atoms with Crippen LogP contribution in [0.1, 0.15) is 43.7 Å². The van der Waals surface area contributed by atoms with Crippen molar-refractivity contribution >= 4 is 11.8 Å². The lowest BCUT2D eigenvalue weighted by molar-refractivity contribution is -0.141. The Balaban J connectivity index is 1.75. The zero-order valence-corrected chi connectivity index (χ0v) is 13.7. The summed E-state index contributed by atoms with van der Waals surface area (Å²) in [6, 6.07) is 8.04. The molecule has 5 nitrogen and oxygen atoms in total. The van der Waals surface area contributed by atoms with E-state index in [4.69, 9.17) is 4.74 Å². The summed E-state index contributed by atoms with van der Waals surface area (Å²) in [4.78, 5) is 28.1. The van der Waals surface area contributed by atoms with Crippen molar-refractivity contribution in [1.29, 1.82) is 0 Å². The van der Waals surface area contributed by atoms with Crippen molar-refractivity contribution in [2.75, 3.05) is 26.7 Å². The Morgan fingerprint density at radius 2 is 2.13 bits per heavy atom. The Morgan fingerprint density at radius 1 is 1.26 bits per heavy atom. The number of amides is 2. The first-order valence-corrected chi connectivity index (χ1v) is 8.40. The van der Waals surface area contributed by atoms with Crippen LogP contribution in [0.5, 0.6) is 5.75 Å². The third-order valence-corrected chi connectivity index (χ3v) is 4.80. The number of hydrogen-bond donors (Lipinski definition) is 0. The van der Waals surface area contributed by atoms with Gasteiger partial charge in [-0.2, -0.15) is 0 Å². The maximum Gasteiger partial charge on any atom is 0.242 e. The van der Waals surface area contributed by atoms with Crippen LogP contribution >= 0.6 is 0 Å². The van der Waals surface area contributed by atoms with Gasteiger partial charge in [0.25, 0.3) is 0 Å². The molecule has 0 radical (unpaired) electrons. The van der Waals surface area contributed by atoms with E-state index in [1.54, 1.807) is 12.0 Å². The van der Waals surface area contributed by atoms with Crippen molar-refractivity contribution in [2.45, 2.75) is 38.1 Å². The van der Waals surface area contributed by atoms with E-state index >= 15 is 0 Å². The number of benzene rings is 1. The van der Waals surface area contributed by atoms with E-state index in [1.807, 2.05) is 23.1 Å². The normalized spacial score (nSPS) is 21.6. The summed E-state index contributed by atoms with van der Waals surface area (Å²) < 4.78 is 5.31. The third-order valence-electron chi connectivity index (χ3n) is 4.80. The predicted molar refractivity (Wildman–Crippen MR) is 87.1 cm³/mol. The topological polar surface area (TPSA) is 49.9 Å². The molecule has 2 fully saturated rings. The van der Waals surface area contributed by atoms with Crippen molar-refractivity contribution in [3.05, 3.63) is 29.8 Å². The van der Waals surface area contributed by atoms with Crippen LogP contribution in [-0.2, 0) is 9.59 Å². The monoisotopic (exact) mass is 316 g/mol. The molecule has 1 unspecified atom stereocenters. The predicted octanol–water partition coefficient (Wildman–Crippen LogP) is 2.37. The summed E-state index contributed by atoms with van der Waals surface area (Å²) in [6.07, 6.45) is 4.55. The molecule has 0 spiro atoms. The lowest BCUT2D eigenvalue weighted by Gasteiger charge is -2.37. The molecule has 0 saturated carbocycles. The summed E-state index contributed by atoms with van der Waals surface area (Å²) in [6.45, 7) is 1.70. The Bertz CT molecular complexity index is 587. The molecule has 2 amide bonds. The van der Waals surface area contributed by atoms with Gasteiger partial charge in [-0.25, -0.2) is 0 Å². The highest BCUT2D eigenvalue weighted by Gasteiger charge is 2.31. The summed E-state index contributed by atoms with van der Waals surface area (Å²) >= 11 is 0. The van der Waals surface area contributed by atoms with Crippen LogP contribution in [0.2, 0.25) is 0 Å². The van der Waals surface area contributed by atoms with Crippen molar-refractivity contribution in [3.8, 4) is 5.75 Å². The SMILES string of the molecule is COc1cccc(C2CCCCN2C(=O)CN2CCCC2=O)c1. The second-order valence-electron chi connectivity index (χ2n) is 6.29. The van der Waals surface area contributed by atoms with Gasteiger partial charge in [0.15, 0.2) is 0 Å². The zero-order chi connectivity index (χ0) is 16.2. The van der Waals surface area contributed by atoms with Gasteiger partial charge in [0.1, 0.15) is 5.75 Å². The maximum absolute atomic E-state index is 12.7. The van der Waals surface area contributed by atoms with Crippen molar-refractivity contribution in [2.24, 2.45) is 0 Å². The quantitative estimate of drug-likeness (QED) is 0.857. The lowest BCUT2D eigenvalue weighted by atomic mass is 9.95. The highest BCUT2D eigenvalue weighted by Crippen LogP contribution is 2.32. The van der Waals surface area contributed by atoms with Crippen LogP contribution in [0.15, 0.2) is 24.3 Å². The third kappa shape index (κ3) is 3.49. The minimum absolute atomic E-state index is 0.0627. The number of rotatable bonds is 4. The first-order valence-electron chi connectivity index (χ1n) is 8.40. The second kappa shape index (κ2) is 7.02. The first-order chi connectivity index (χ1) is 11.2. The number of piperidine rings is 1. The fourth-order valence-corrected chi connectivity index (χ4v) is 3.55. The van der Waals surface area contributed by atoms with Crippen LogP contribution in [0.4, 0.5) is 0 Å². The van der Waals surface area contributed by atoms with Gasteiger partial charge in [-0.15, -0.1) is 0 Å². The van der Waals surface area contributed by atoms with E-state index in [-0.39, 0.29) is 24.4 Å². The molecule has 0 N–H and O–H groups in total. The van der Waals surface area contributed by atoms with Crippen molar-refractivity contribution < 1.29 is 14.3 Å². The summed E-state index contributed by atoms with van der Waals surface area (Å²) in [5, 5.41) is 0. The van der Waals surface area contributed by atoms with E-state index in [1.165, 1.54) is 0 Å². The Labute approximate surface area is 137 Å². The van der Waals surface area contributed by atoms with E-state index < -0.39 is 0 Å². The highest BCUT2D eigenvalue weighted by atomic mass is 16.5. The van der Waals surface area contributed by atoms with Gasteiger partial charge in [-0.05, 0) is 43.4 Å². The highest BCUT2D eigenvalue weighted by molar-refractivity contribution is 5.86. The number of nitrogens with zero attached hydrogens (tertiary/aromatic N) is 2. The van der Waals surface area contributed by atoms with Gasteiger partial charge in [0.05, 0.1) is 19.7 Å². The van der Waals surface area contributed by atoms with Gasteiger partial charge < -0.3 is 14.5 Å². The first kappa shape index (κ1) is 15.8. The van der Waals surface area contributed by atoms with Crippen LogP contribution in [0.25, 0.3) is 0 Å². The summed E-state index contributed by atoms with van der Waals surface area (Å²) in [7, 11) is 1.65. The van der Waals surface area contributed by atoms with Crippen LogP contribution in [-0.4, -0.2) is 48.4 Å². The molecular weight excluding hydrogens is 292 g/mol. The van der Waals surface area contributed by atoms with Crippen LogP contribution in [0, 0.1) is 0 Å². The number of methoxy groups -OCH3 is 1. The van der Waals surface area contributed by atoms with Gasteiger partial charge in [-0.1, -0.05) is 12.1 Å². The van der Waals surface area contributed by atoms with E-state index in [0.29, 0.717) is 13.0 Å². The molecule has 2 aliphatic heterocycles. The largest absolute Gasteiger partial charge is 0.497 e. The van der Waals surface area contributed by atoms with Crippen LogP contribution in [0.3, 0.4) is 0 Å². The lowest BCUT2D eigenvalue weighted by Crippen LogP contribution is -2.44. The van der Waals surface area contributed by atoms with Crippen molar-refractivity contribution in [3.63, 3.8) is 0 Å². The summed E-state index contributed by atoms with van der Waals surface area (Å²) in [5.74, 6) is 0.983. The molecule has 0 aromatic heterocycles. The molecule has 2 saturated heterocycles. The van der Waals surface area contributed by atoms with Crippen molar-refractivity contribution in [1.82, 2.24) is 9.80 Å². The second-order valence-corrected chi connectivity index (χ2v) is 6.29. The molecule has 3 rings (SSSR count). The Kier molecular flexibility index (Phi) is 4.84. The average Bonchev–Trinajstić information content (AvgIpc) is 2.99. The number of carbonyl (C=O) groups excluding carboxylic acids is 2. The zero-order valence-electron chi connectivity index (χ0n) is 13.7. The van der Waals surface area contributed by atoms with Gasteiger partial charge in [-0.3, -0.25) is 9.59 Å². The fraction of sp³-hybridized carbons (Fsp3) is 0.556. The van der Waals surface area contributed by atoms with E-state index in [0.717, 1.165) is 43.5 Å². The molecule has 1 aromatic carbocycles. The standard InChI is InChI=1S/C18H24N2O3/c1-23-15-7-4-6-14(12-15)16-8-2-3-11-20(16)18(22)13-19-10-5-9-17(19)21/h4,6-7,12,16H,2-3,5,8-11,13H2,1H3.